The Morgan fingerprint density at radius 2 is 0.897 bits per heavy atom. The van der Waals surface area contributed by atoms with Gasteiger partial charge in [-0.15, -0.1) is 0 Å². The monoisotopic (exact) mass is 738 g/mol. The Morgan fingerprint density at radius 3 is 1.55 bits per heavy atom. The summed E-state index contributed by atoms with van der Waals surface area (Å²) < 4.78 is 2.51. The summed E-state index contributed by atoms with van der Waals surface area (Å²) in [5.41, 5.74) is 15.3. The minimum atomic E-state index is -0.121. The van der Waals surface area contributed by atoms with Crippen molar-refractivity contribution in [3.05, 3.63) is 205 Å². The Bertz CT molecular complexity index is 3370. The molecule has 9 aromatic carbocycles. The first-order valence-corrected chi connectivity index (χ1v) is 20.2. The SMILES string of the molecule is CC1(C)c2ccccc2-c2cc3c4cc(-c5cc(-c6ccccc6)nc(-c6ccccc6)c5)ccc4n(-c4ccc5c6ccccc6c6ccccc6c5c4)c3cc21. The topological polar surface area (TPSA) is 17.8 Å². The number of nitrogens with zero attached hydrogens (tertiary/aromatic N) is 2. The molecule has 0 N–H and O–H groups in total. The molecule has 0 aliphatic heterocycles. The van der Waals surface area contributed by atoms with Gasteiger partial charge in [-0.25, -0.2) is 4.98 Å². The van der Waals surface area contributed by atoms with E-state index in [1.165, 1.54) is 81.9 Å². The summed E-state index contributed by atoms with van der Waals surface area (Å²) in [7, 11) is 0. The zero-order chi connectivity index (χ0) is 38.5. The first kappa shape index (κ1) is 32.9. The fraction of sp³-hybridized carbons (Fsp3) is 0.0536. The van der Waals surface area contributed by atoms with E-state index >= 15 is 0 Å². The molecule has 0 fully saturated rings. The maximum atomic E-state index is 5.19. The molecule has 2 heterocycles. The maximum absolute atomic E-state index is 5.19. The van der Waals surface area contributed by atoms with Gasteiger partial charge < -0.3 is 4.57 Å². The lowest BCUT2D eigenvalue weighted by molar-refractivity contribution is 0.661. The van der Waals surface area contributed by atoms with Crippen molar-refractivity contribution in [2.45, 2.75) is 19.3 Å². The molecular weight excluding hydrogens is 701 g/mol. The summed E-state index contributed by atoms with van der Waals surface area (Å²) in [6.45, 7) is 4.75. The molecule has 0 saturated heterocycles. The highest BCUT2D eigenvalue weighted by Crippen LogP contribution is 2.51. The Labute approximate surface area is 337 Å². The van der Waals surface area contributed by atoms with Crippen LogP contribution < -0.4 is 0 Å². The number of pyridine rings is 1. The molecule has 2 aromatic heterocycles. The zero-order valence-electron chi connectivity index (χ0n) is 32.4. The molecule has 272 valence electrons. The van der Waals surface area contributed by atoms with E-state index in [9.17, 15) is 0 Å². The van der Waals surface area contributed by atoms with Crippen LogP contribution in [0.1, 0.15) is 25.0 Å². The lowest BCUT2D eigenvalue weighted by atomic mass is 9.82. The lowest BCUT2D eigenvalue weighted by Crippen LogP contribution is -2.14. The number of fused-ring (bicyclic) bond motifs is 12. The van der Waals surface area contributed by atoms with Gasteiger partial charge in [0.1, 0.15) is 0 Å². The van der Waals surface area contributed by atoms with Crippen LogP contribution in [-0.4, -0.2) is 9.55 Å². The van der Waals surface area contributed by atoms with Crippen LogP contribution in [0.2, 0.25) is 0 Å². The highest BCUT2D eigenvalue weighted by molar-refractivity contribution is 6.25. The second-order valence-corrected chi connectivity index (χ2v) is 16.3. The van der Waals surface area contributed by atoms with E-state index in [2.05, 4.69) is 213 Å². The average Bonchev–Trinajstić information content (AvgIpc) is 3.73. The van der Waals surface area contributed by atoms with Crippen molar-refractivity contribution in [2.24, 2.45) is 0 Å². The number of benzene rings is 9. The van der Waals surface area contributed by atoms with E-state index in [4.69, 9.17) is 4.98 Å². The Balaban J connectivity index is 1.15. The molecular formula is C56H38N2. The highest BCUT2D eigenvalue weighted by atomic mass is 15.0. The van der Waals surface area contributed by atoms with Crippen LogP contribution in [0.4, 0.5) is 0 Å². The van der Waals surface area contributed by atoms with Gasteiger partial charge in [0.15, 0.2) is 0 Å². The van der Waals surface area contributed by atoms with Gasteiger partial charge in [-0.1, -0.05) is 159 Å². The summed E-state index contributed by atoms with van der Waals surface area (Å²) >= 11 is 0. The van der Waals surface area contributed by atoms with Crippen molar-refractivity contribution in [2.75, 3.05) is 0 Å². The van der Waals surface area contributed by atoms with E-state index < -0.39 is 0 Å². The van der Waals surface area contributed by atoms with Gasteiger partial charge in [-0.05, 0) is 114 Å². The predicted molar refractivity (Wildman–Crippen MR) is 245 cm³/mol. The van der Waals surface area contributed by atoms with Gasteiger partial charge in [0, 0.05) is 33.0 Å². The van der Waals surface area contributed by atoms with Gasteiger partial charge in [-0.3, -0.25) is 0 Å². The quantitative estimate of drug-likeness (QED) is 0.164. The fourth-order valence-electron chi connectivity index (χ4n) is 9.92. The number of aromatic nitrogens is 2. The van der Waals surface area contributed by atoms with Crippen molar-refractivity contribution in [1.29, 1.82) is 0 Å². The van der Waals surface area contributed by atoms with E-state index in [-0.39, 0.29) is 5.41 Å². The molecule has 11 aromatic rings. The molecule has 0 unspecified atom stereocenters. The molecule has 58 heavy (non-hydrogen) atoms. The van der Waals surface area contributed by atoms with E-state index in [1.54, 1.807) is 0 Å². The predicted octanol–water partition coefficient (Wildman–Crippen LogP) is 14.9. The average molecular weight is 739 g/mol. The second kappa shape index (κ2) is 12.4. The van der Waals surface area contributed by atoms with Gasteiger partial charge >= 0.3 is 0 Å². The Kier molecular flexibility index (Phi) is 7.01. The molecule has 0 atom stereocenters. The molecule has 1 aliphatic carbocycles. The van der Waals surface area contributed by atoms with Gasteiger partial charge in [0.25, 0.3) is 0 Å². The fourth-order valence-corrected chi connectivity index (χ4v) is 9.92. The third-order valence-corrected chi connectivity index (χ3v) is 12.8. The van der Waals surface area contributed by atoms with Crippen molar-refractivity contribution in [3.63, 3.8) is 0 Å². The molecule has 0 bridgehead atoms. The molecule has 0 spiro atoms. The maximum Gasteiger partial charge on any atom is 0.0715 e. The summed E-state index contributed by atoms with van der Waals surface area (Å²) in [4.78, 5) is 5.19. The van der Waals surface area contributed by atoms with Crippen LogP contribution in [-0.2, 0) is 5.41 Å². The minimum absolute atomic E-state index is 0.121. The number of rotatable bonds is 4. The first-order valence-electron chi connectivity index (χ1n) is 20.2. The molecule has 0 saturated carbocycles. The summed E-state index contributed by atoms with van der Waals surface area (Å²) in [6.07, 6.45) is 0. The van der Waals surface area contributed by atoms with Crippen LogP contribution in [0, 0.1) is 0 Å². The van der Waals surface area contributed by atoms with Crippen LogP contribution in [0.25, 0.3) is 105 Å². The largest absolute Gasteiger partial charge is 0.309 e. The zero-order valence-corrected chi connectivity index (χ0v) is 32.4. The van der Waals surface area contributed by atoms with Crippen molar-refractivity contribution >= 4 is 54.1 Å². The van der Waals surface area contributed by atoms with Crippen molar-refractivity contribution < 1.29 is 0 Å². The van der Waals surface area contributed by atoms with E-state index in [1.807, 2.05) is 0 Å². The highest BCUT2D eigenvalue weighted by Gasteiger charge is 2.36. The summed E-state index contributed by atoms with van der Waals surface area (Å²) in [5, 5.41) is 10.2. The van der Waals surface area contributed by atoms with Crippen molar-refractivity contribution in [3.8, 4) is 50.5 Å². The summed E-state index contributed by atoms with van der Waals surface area (Å²) in [5.74, 6) is 0. The van der Waals surface area contributed by atoms with Crippen LogP contribution >= 0.6 is 0 Å². The standard InChI is InChI=1S/C56H38N2/c1-56(2)50-24-14-13-23-45(50)47-33-49-48-29-37(38-30-52(35-15-5-3-6-16-35)57-53(31-38)36-17-7-4-8-18-36)25-28-54(48)58(55(49)34-51(47)56)39-26-27-44-42-21-10-9-19-40(42)41-20-11-12-22-43(41)46(44)32-39/h3-34H,1-2H3. The Hall–Kier alpha value is -7.29. The van der Waals surface area contributed by atoms with Gasteiger partial charge in [0.2, 0.25) is 0 Å². The summed E-state index contributed by atoms with van der Waals surface area (Å²) in [6, 6.07) is 71.3. The molecule has 0 radical (unpaired) electrons. The molecule has 12 rings (SSSR count). The third kappa shape index (κ3) is 4.82. The third-order valence-electron chi connectivity index (χ3n) is 12.8. The second-order valence-electron chi connectivity index (χ2n) is 16.3. The molecule has 2 nitrogen and oxygen atoms in total. The Morgan fingerprint density at radius 1 is 0.345 bits per heavy atom. The lowest BCUT2D eigenvalue weighted by Gasteiger charge is -2.21. The molecule has 0 amide bonds. The van der Waals surface area contributed by atoms with Crippen LogP contribution in [0.3, 0.4) is 0 Å². The molecule has 2 heteroatoms. The van der Waals surface area contributed by atoms with Crippen molar-refractivity contribution in [1.82, 2.24) is 9.55 Å². The number of hydrogen-bond acceptors (Lipinski definition) is 1. The first-order chi connectivity index (χ1) is 28.5. The van der Waals surface area contributed by atoms with Crippen LogP contribution in [0.15, 0.2) is 194 Å². The van der Waals surface area contributed by atoms with E-state index in [0.717, 1.165) is 33.8 Å². The van der Waals surface area contributed by atoms with Gasteiger partial charge in [-0.2, -0.15) is 0 Å². The minimum Gasteiger partial charge on any atom is -0.309 e. The van der Waals surface area contributed by atoms with Crippen LogP contribution in [0.5, 0.6) is 0 Å². The van der Waals surface area contributed by atoms with Gasteiger partial charge in [0.05, 0.1) is 22.4 Å². The normalized spacial score (nSPS) is 13.1. The van der Waals surface area contributed by atoms with E-state index in [0.29, 0.717) is 0 Å². The number of hydrogen-bond donors (Lipinski definition) is 0. The smallest absolute Gasteiger partial charge is 0.0715 e. The molecule has 1 aliphatic rings.